The van der Waals surface area contributed by atoms with Gasteiger partial charge in [-0.2, -0.15) is 5.21 Å². The molecule has 0 aliphatic heterocycles. The van der Waals surface area contributed by atoms with Crippen molar-refractivity contribution in [1.82, 2.24) is 30.6 Å². The molecule has 2 aromatic heterocycles. The number of anilines is 1. The van der Waals surface area contributed by atoms with Gasteiger partial charge in [0.15, 0.2) is 5.69 Å². The third-order valence-corrected chi connectivity index (χ3v) is 1.71. The van der Waals surface area contributed by atoms with Gasteiger partial charge in [0.25, 0.3) is 11.9 Å². The lowest BCUT2D eigenvalue weighted by Gasteiger charge is -2.03. The van der Waals surface area contributed by atoms with Crippen molar-refractivity contribution in [2.45, 2.75) is 6.92 Å². The first-order valence-electron chi connectivity index (χ1n) is 4.79. The van der Waals surface area contributed by atoms with Gasteiger partial charge in [-0.15, -0.1) is 5.10 Å². The minimum absolute atomic E-state index is 0.0682. The van der Waals surface area contributed by atoms with Gasteiger partial charge in [-0.05, 0) is 12.1 Å². The second-order valence-electron chi connectivity index (χ2n) is 2.87. The predicted molar refractivity (Wildman–Crippen MR) is 55.3 cm³/mol. The second-order valence-corrected chi connectivity index (χ2v) is 2.87. The summed E-state index contributed by atoms with van der Waals surface area (Å²) in [5, 5.41) is 15.1. The molecule has 2 rings (SSSR count). The highest BCUT2D eigenvalue weighted by Gasteiger charge is 2.11. The van der Waals surface area contributed by atoms with Crippen molar-refractivity contribution in [3.05, 3.63) is 18.1 Å². The van der Waals surface area contributed by atoms with Crippen molar-refractivity contribution in [3.8, 4) is 5.88 Å². The van der Waals surface area contributed by atoms with Crippen LogP contribution in [0.5, 0.6) is 5.88 Å². The van der Waals surface area contributed by atoms with Crippen LogP contribution < -0.4 is 10.1 Å². The van der Waals surface area contributed by atoms with Gasteiger partial charge in [-0.25, -0.2) is 4.98 Å². The Kier molecular flexibility index (Phi) is 3.19. The molecule has 2 heterocycles. The summed E-state index contributed by atoms with van der Waals surface area (Å²) in [4.78, 5) is 19.5. The second kappa shape index (κ2) is 4.96. The van der Waals surface area contributed by atoms with Crippen LogP contribution in [0.3, 0.4) is 0 Å². The molecule has 0 saturated carbocycles. The maximum atomic E-state index is 11.7. The van der Waals surface area contributed by atoms with Gasteiger partial charge in [0, 0.05) is 0 Å². The summed E-state index contributed by atoms with van der Waals surface area (Å²) in [6.07, 6.45) is 2.74. The van der Waals surface area contributed by atoms with Crippen molar-refractivity contribution in [2.75, 3.05) is 11.9 Å². The molecule has 9 nitrogen and oxygen atoms in total. The molecule has 17 heavy (non-hydrogen) atoms. The summed E-state index contributed by atoms with van der Waals surface area (Å²) in [6.45, 7) is 2.26. The Morgan fingerprint density at radius 2 is 2.41 bits per heavy atom. The number of rotatable bonds is 4. The number of nitrogens with zero attached hydrogens (tertiary/aromatic N) is 5. The van der Waals surface area contributed by atoms with Crippen LogP contribution in [0, 0.1) is 0 Å². The van der Waals surface area contributed by atoms with Gasteiger partial charge in [0.2, 0.25) is 5.88 Å². The van der Waals surface area contributed by atoms with Gasteiger partial charge >= 0.3 is 0 Å². The Bertz CT molecular complexity index is 498. The van der Waals surface area contributed by atoms with E-state index in [1.165, 1.54) is 12.4 Å². The fourth-order valence-electron chi connectivity index (χ4n) is 1.06. The third kappa shape index (κ3) is 2.71. The van der Waals surface area contributed by atoms with Gasteiger partial charge in [0.1, 0.15) is 0 Å². The summed E-state index contributed by atoms with van der Waals surface area (Å²) in [7, 11) is 0. The highest BCUT2D eigenvalue weighted by molar-refractivity contribution is 6.01. The van der Waals surface area contributed by atoms with E-state index in [1.807, 2.05) is 6.92 Å². The van der Waals surface area contributed by atoms with Gasteiger partial charge in [0.05, 0.1) is 19.0 Å². The van der Waals surface area contributed by atoms with E-state index >= 15 is 0 Å². The smallest absolute Gasteiger partial charge is 0.278 e. The maximum absolute atomic E-state index is 11.7. The minimum atomic E-state index is -0.486. The zero-order valence-corrected chi connectivity index (χ0v) is 8.91. The Labute approximate surface area is 95.6 Å². The first-order chi connectivity index (χ1) is 8.29. The first kappa shape index (κ1) is 10.9. The number of hydrogen-bond donors (Lipinski definition) is 2. The van der Waals surface area contributed by atoms with Crippen LogP contribution in [-0.2, 0) is 0 Å². The molecule has 0 unspecified atom stereocenters. The van der Waals surface area contributed by atoms with E-state index < -0.39 is 5.91 Å². The fraction of sp³-hybridized carbons (Fsp3) is 0.250. The summed E-state index contributed by atoms with van der Waals surface area (Å²) in [6, 6.07) is 0. The lowest BCUT2D eigenvalue weighted by Crippen LogP contribution is -2.15. The number of carbonyl (C=O) groups excluding carboxylic acids is 1. The number of carbonyl (C=O) groups is 1. The van der Waals surface area contributed by atoms with Gasteiger partial charge in [-0.1, -0.05) is 5.10 Å². The fourth-order valence-corrected chi connectivity index (χ4v) is 1.06. The SMILES string of the molecule is CCOc1cncc(C(=O)Nc2nn[nH]n2)n1. The lowest BCUT2D eigenvalue weighted by atomic mass is 10.4. The Morgan fingerprint density at radius 1 is 1.53 bits per heavy atom. The van der Waals surface area contributed by atoms with E-state index in [1.54, 1.807) is 0 Å². The average Bonchev–Trinajstić information content (AvgIpc) is 2.83. The normalized spacial score (nSPS) is 9.94. The van der Waals surface area contributed by atoms with Gasteiger partial charge in [-0.3, -0.25) is 15.1 Å². The summed E-state index contributed by atoms with van der Waals surface area (Å²) in [5.74, 6) is -0.132. The average molecular weight is 235 g/mol. The molecular formula is C8H9N7O2. The molecule has 88 valence electrons. The largest absolute Gasteiger partial charge is 0.477 e. The van der Waals surface area contributed by atoms with E-state index in [-0.39, 0.29) is 17.5 Å². The molecule has 0 radical (unpaired) electrons. The monoisotopic (exact) mass is 235 g/mol. The van der Waals surface area contributed by atoms with Crippen LogP contribution in [0.25, 0.3) is 0 Å². The number of amides is 1. The van der Waals surface area contributed by atoms with Crippen LogP contribution in [0.4, 0.5) is 5.95 Å². The summed E-state index contributed by atoms with van der Waals surface area (Å²) < 4.78 is 5.13. The molecule has 0 spiro atoms. The number of H-pyrrole nitrogens is 1. The highest BCUT2D eigenvalue weighted by Crippen LogP contribution is 2.06. The highest BCUT2D eigenvalue weighted by atomic mass is 16.5. The number of nitrogens with one attached hydrogen (secondary N) is 2. The topological polar surface area (TPSA) is 119 Å². The molecule has 2 aromatic rings. The Hall–Kier alpha value is -2.58. The first-order valence-corrected chi connectivity index (χ1v) is 4.79. The van der Waals surface area contributed by atoms with Crippen molar-refractivity contribution < 1.29 is 9.53 Å². The van der Waals surface area contributed by atoms with E-state index in [0.29, 0.717) is 6.61 Å². The van der Waals surface area contributed by atoms with Gasteiger partial charge < -0.3 is 4.74 Å². The molecule has 0 aliphatic carbocycles. The number of tetrazole rings is 1. The molecule has 0 atom stereocenters. The maximum Gasteiger partial charge on any atom is 0.278 e. The number of hydrogen-bond acceptors (Lipinski definition) is 7. The molecule has 0 aromatic carbocycles. The van der Waals surface area contributed by atoms with Crippen LogP contribution in [-0.4, -0.2) is 43.1 Å². The lowest BCUT2D eigenvalue weighted by molar-refractivity contribution is 0.102. The van der Waals surface area contributed by atoms with E-state index in [9.17, 15) is 4.79 Å². The van der Waals surface area contributed by atoms with Crippen LogP contribution >= 0.6 is 0 Å². The molecule has 0 bridgehead atoms. The number of aromatic nitrogens is 6. The third-order valence-electron chi connectivity index (χ3n) is 1.71. The zero-order valence-electron chi connectivity index (χ0n) is 8.91. The van der Waals surface area contributed by atoms with Crippen molar-refractivity contribution in [1.29, 1.82) is 0 Å². The minimum Gasteiger partial charge on any atom is -0.477 e. The molecule has 2 N–H and O–H groups in total. The zero-order chi connectivity index (χ0) is 12.1. The summed E-state index contributed by atoms with van der Waals surface area (Å²) >= 11 is 0. The Balaban J connectivity index is 2.11. The Morgan fingerprint density at radius 3 is 3.12 bits per heavy atom. The molecule has 0 fully saturated rings. The number of aromatic amines is 1. The molecular weight excluding hydrogens is 226 g/mol. The molecule has 1 amide bonds. The number of ether oxygens (including phenoxy) is 1. The molecule has 0 aliphatic rings. The quantitative estimate of drug-likeness (QED) is 0.742. The van der Waals surface area contributed by atoms with Crippen molar-refractivity contribution in [2.24, 2.45) is 0 Å². The van der Waals surface area contributed by atoms with E-state index in [2.05, 4.69) is 35.9 Å². The predicted octanol–water partition coefficient (Wildman–Crippen LogP) is -0.359. The van der Waals surface area contributed by atoms with Crippen LogP contribution in [0.15, 0.2) is 12.4 Å². The standard InChI is InChI=1S/C8H9N7O2/c1-2-17-6-4-9-3-5(10-6)7(16)11-8-12-14-15-13-8/h3-4H,2H2,1H3,(H2,11,12,13,14,15,16). The molecule has 0 saturated heterocycles. The van der Waals surface area contributed by atoms with Crippen molar-refractivity contribution in [3.63, 3.8) is 0 Å². The van der Waals surface area contributed by atoms with Crippen LogP contribution in [0.1, 0.15) is 17.4 Å². The van der Waals surface area contributed by atoms with E-state index in [0.717, 1.165) is 0 Å². The van der Waals surface area contributed by atoms with Crippen molar-refractivity contribution >= 4 is 11.9 Å². The van der Waals surface area contributed by atoms with E-state index in [4.69, 9.17) is 4.74 Å². The van der Waals surface area contributed by atoms with Crippen LogP contribution in [0.2, 0.25) is 0 Å². The summed E-state index contributed by atoms with van der Waals surface area (Å²) in [5.41, 5.74) is 0.112. The molecule has 9 heteroatoms.